The smallest absolute Gasteiger partial charge is 0.306 e. The number of hydrogen-bond acceptors (Lipinski definition) is 6. The maximum atomic E-state index is 14.0. The summed E-state index contributed by atoms with van der Waals surface area (Å²) in [6, 6.07) is 0. The minimum atomic E-state index is -2.91. The number of fused-ring (bicyclic) bond motifs is 7. The van der Waals surface area contributed by atoms with Crippen LogP contribution in [0.5, 0.6) is 0 Å². The standard InChI is InChI=1S/C42H64N2O5S/c1-27(2)35-32(45)26-42(43-20-21-44-22-24-50(48,49)25-23-44)19-18-40(6)31(36(35)42)12-13-34-39(5)16-14-30(28-8-10-29(11-9-28)37(46)47)38(3,4)33(39)15-17-41(34,40)7/h8,14,27,29,31,33-34,43H,9-13,15-26H2,1-7H3,(H,46,47)/t29?,31-,33+,34-,39+,40-,41-,42-/m1/s1. The summed E-state index contributed by atoms with van der Waals surface area (Å²) in [4.78, 5) is 27.9. The molecule has 2 N–H and O–H groups in total. The number of aliphatic carboxylic acids is 1. The molecule has 1 unspecified atom stereocenters. The number of rotatable bonds is 7. The van der Waals surface area contributed by atoms with E-state index in [2.05, 4.69) is 70.8 Å². The van der Waals surface area contributed by atoms with E-state index < -0.39 is 15.8 Å². The van der Waals surface area contributed by atoms with Gasteiger partial charge in [-0.2, -0.15) is 0 Å². The third-order valence-corrected chi connectivity index (χ3v) is 18.1. The number of carbonyl (C=O) groups is 2. The van der Waals surface area contributed by atoms with Gasteiger partial charge in [-0.05, 0) is 132 Å². The van der Waals surface area contributed by atoms with Gasteiger partial charge in [-0.25, -0.2) is 8.42 Å². The summed E-state index contributed by atoms with van der Waals surface area (Å²) in [5.74, 6) is 1.73. The molecule has 7 nitrogen and oxygen atoms in total. The van der Waals surface area contributed by atoms with E-state index in [1.807, 2.05) is 0 Å². The summed E-state index contributed by atoms with van der Waals surface area (Å²) in [5, 5.41) is 13.6. The van der Waals surface area contributed by atoms with Crippen molar-refractivity contribution in [3.05, 3.63) is 34.4 Å². The van der Waals surface area contributed by atoms with E-state index in [9.17, 15) is 23.1 Å². The zero-order valence-corrected chi connectivity index (χ0v) is 32.8. The van der Waals surface area contributed by atoms with Gasteiger partial charge in [0.25, 0.3) is 0 Å². The van der Waals surface area contributed by atoms with Crippen LogP contribution in [0.1, 0.15) is 119 Å². The van der Waals surface area contributed by atoms with Gasteiger partial charge in [0.2, 0.25) is 0 Å². The molecular formula is C42H64N2O5S. The number of hydrogen-bond donors (Lipinski definition) is 2. The Balaban J connectivity index is 1.16. The Kier molecular flexibility index (Phi) is 9.07. The molecule has 0 aromatic carbocycles. The van der Waals surface area contributed by atoms with Crippen LogP contribution in [-0.4, -0.2) is 73.4 Å². The Morgan fingerprint density at radius 1 is 0.960 bits per heavy atom. The minimum Gasteiger partial charge on any atom is -0.481 e. The summed E-state index contributed by atoms with van der Waals surface area (Å²) < 4.78 is 24.0. The molecule has 7 aliphatic rings. The van der Waals surface area contributed by atoms with Crippen molar-refractivity contribution in [2.75, 3.05) is 37.7 Å². The highest BCUT2D eigenvalue weighted by Crippen LogP contribution is 2.76. The van der Waals surface area contributed by atoms with Gasteiger partial charge in [-0.1, -0.05) is 60.6 Å². The van der Waals surface area contributed by atoms with E-state index in [1.54, 1.807) is 0 Å². The Morgan fingerprint density at radius 3 is 2.32 bits per heavy atom. The summed E-state index contributed by atoms with van der Waals surface area (Å²) in [7, 11) is -2.91. The third-order valence-electron chi connectivity index (χ3n) is 16.4. The molecule has 0 aromatic rings. The lowest BCUT2D eigenvalue weighted by Crippen LogP contribution is -2.66. The quantitative estimate of drug-likeness (QED) is 0.284. The number of allylic oxidation sites excluding steroid dienone is 5. The van der Waals surface area contributed by atoms with Crippen molar-refractivity contribution in [3.8, 4) is 0 Å². The van der Waals surface area contributed by atoms with Crippen molar-refractivity contribution < 1.29 is 23.1 Å². The molecule has 3 saturated carbocycles. The molecule has 1 saturated heterocycles. The molecule has 1 aliphatic heterocycles. The van der Waals surface area contributed by atoms with Crippen LogP contribution in [0.2, 0.25) is 0 Å². The molecule has 0 amide bonds. The van der Waals surface area contributed by atoms with E-state index in [4.69, 9.17) is 0 Å². The predicted octanol–water partition coefficient (Wildman–Crippen LogP) is 7.39. The summed E-state index contributed by atoms with van der Waals surface area (Å²) in [6.45, 7) is 20.1. The van der Waals surface area contributed by atoms with Crippen molar-refractivity contribution in [2.45, 2.75) is 125 Å². The van der Waals surface area contributed by atoms with Crippen molar-refractivity contribution in [3.63, 3.8) is 0 Å². The van der Waals surface area contributed by atoms with Crippen molar-refractivity contribution in [2.24, 2.45) is 51.2 Å². The second kappa shape index (κ2) is 12.4. The lowest BCUT2D eigenvalue weighted by atomic mass is 9.33. The number of ketones is 1. The fourth-order valence-electron chi connectivity index (χ4n) is 13.7. The van der Waals surface area contributed by atoms with Crippen LogP contribution in [0.4, 0.5) is 0 Å². The summed E-state index contributed by atoms with van der Waals surface area (Å²) >= 11 is 0. The number of carbonyl (C=O) groups excluding carboxylic acids is 1. The number of nitrogens with zero attached hydrogens (tertiary/aromatic N) is 1. The van der Waals surface area contributed by atoms with Crippen LogP contribution in [0.3, 0.4) is 0 Å². The minimum absolute atomic E-state index is 0.0450. The SMILES string of the molecule is CC(C)C1=C2[C@H]3CC[C@@H]4[C@@]5(C)CC=C(C6=CCC(C(=O)O)CC6)C(C)(C)[C@@H]5CC[C@@]4(C)[C@]3(C)CC[C@@]2(NCCN2CCS(=O)(=O)CC2)CC1=O. The molecule has 6 aliphatic carbocycles. The lowest BCUT2D eigenvalue weighted by Gasteiger charge is -2.71. The molecule has 0 spiro atoms. The van der Waals surface area contributed by atoms with Crippen molar-refractivity contribution in [1.29, 1.82) is 0 Å². The maximum Gasteiger partial charge on any atom is 0.306 e. The van der Waals surface area contributed by atoms with Crippen LogP contribution < -0.4 is 5.32 Å². The molecule has 50 heavy (non-hydrogen) atoms. The van der Waals surface area contributed by atoms with Gasteiger partial charge in [0.1, 0.15) is 0 Å². The first-order chi connectivity index (χ1) is 23.4. The third kappa shape index (κ3) is 5.49. The van der Waals surface area contributed by atoms with E-state index in [0.29, 0.717) is 49.5 Å². The average molecular weight is 709 g/mol. The van der Waals surface area contributed by atoms with Gasteiger partial charge < -0.3 is 15.3 Å². The van der Waals surface area contributed by atoms with Crippen LogP contribution in [-0.2, 0) is 19.4 Å². The normalized spacial score (nSPS) is 42.6. The van der Waals surface area contributed by atoms with Gasteiger partial charge >= 0.3 is 5.97 Å². The summed E-state index contributed by atoms with van der Waals surface area (Å²) in [6.07, 6.45) is 15.7. The average Bonchev–Trinajstić information content (AvgIpc) is 3.34. The molecular weight excluding hydrogens is 645 g/mol. The summed E-state index contributed by atoms with van der Waals surface area (Å²) in [5.41, 5.74) is 5.71. The van der Waals surface area contributed by atoms with E-state index in [-0.39, 0.29) is 50.5 Å². The predicted molar refractivity (Wildman–Crippen MR) is 199 cm³/mol. The first-order valence-electron chi connectivity index (χ1n) is 20.0. The van der Waals surface area contributed by atoms with Crippen LogP contribution in [0, 0.1) is 51.2 Å². The first-order valence-corrected chi connectivity index (χ1v) is 21.8. The van der Waals surface area contributed by atoms with Crippen LogP contribution in [0.25, 0.3) is 0 Å². The van der Waals surface area contributed by atoms with E-state index in [1.165, 1.54) is 36.0 Å². The van der Waals surface area contributed by atoms with Crippen LogP contribution >= 0.6 is 0 Å². The lowest BCUT2D eigenvalue weighted by molar-refractivity contribution is -0.196. The molecule has 278 valence electrons. The molecule has 7 rings (SSSR count). The highest BCUT2D eigenvalue weighted by atomic mass is 32.2. The molecule has 4 fully saturated rings. The second-order valence-corrected chi connectivity index (χ2v) is 21.6. The van der Waals surface area contributed by atoms with Gasteiger partial charge in [0.15, 0.2) is 15.6 Å². The number of nitrogens with one attached hydrogen (secondary N) is 1. The van der Waals surface area contributed by atoms with Crippen molar-refractivity contribution >= 4 is 21.6 Å². The molecule has 0 bridgehead atoms. The molecule has 1 heterocycles. The fraction of sp³-hybridized carbons (Fsp3) is 0.810. The van der Waals surface area contributed by atoms with Crippen molar-refractivity contribution in [1.82, 2.24) is 10.2 Å². The number of Topliss-reactive ketones (excluding diaryl/α,β-unsaturated/α-hetero) is 1. The van der Waals surface area contributed by atoms with Gasteiger partial charge in [-0.15, -0.1) is 0 Å². The first kappa shape index (κ1) is 36.6. The highest BCUT2D eigenvalue weighted by Gasteiger charge is 2.69. The van der Waals surface area contributed by atoms with Gasteiger partial charge in [0, 0.05) is 38.1 Å². The Hall–Kier alpha value is -1.77. The second-order valence-electron chi connectivity index (χ2n) is 19.3. The monoisotopic (exact) mass is 708 g/mol. The number of sulfone groups is 1. The van der Waals surface area contributed by atoms with E-state index in [0.717, 1.165) is 57.2 Å². The van der Waals surface area contributed by atoms with Crippen LogP contribution in [0.15, 0.2) is 34.4 Å². The zero-order valence-electron chi connectivity index (χ0n) is 32.0. The topological polar surface area (TPSA) is 104 Å². The largest absolute Gasteiger partial charge is 0.481 e. The molecule has 0 aromatic heterocycles. The molecule has 8 heteroatoms. The molecule has 8 atom stereocenters. The number of carboxylic acids is 1. The van der Waals surface area contributed by atoms with E-state index >= 15 is 0 Å². The Bertz CT molecular complexity index is 1630. The number of carboxylic acid groups (broad SMARTS) is 1. The fourth-order valence-corrected chi connectivity index (χ4v) is 15.0. The molecule has 0 radical (unpaired) electrons. The highest BCUT2D eigenvalue weighted by molar-refractivity contribution is 7.91. The zero-order chi connectivity index (χ0) is 36.1. The maximum absolute atomic E-state index is 14.0. The Morgan fingerprint density at radius 2 is 1.68 bits per heavy atom. The van der Waals surface area contributed by atoms with Gasteiger partial charge in [0.05, 0.1) is 17.4 Å². The Labute approximate surface area is 302 Å². The van der Waals surface area contributed by atoms with Gasteiger partial charge in [-0.3, -0.25) is 9.59 Å².